The molecule has 10 heteroatoms. The Morgan fingerprint density at radius 1 is 1.02 bits per heavy atom. The average Bonchev–Trinajstić information content (AvgIpc) is 3.61. The fourth-order valence-corrected chi connectivity index (χ4v) is 6.29. The van der Waals surface area contributed by atoms with Crippen molar-refractivity contribution in [1.29, 1.82) is 0 Å². The van der Waals surface area contributed by atoms with Gasteiger partial charge in [-0.2, -0.15) is 0 Å². The van der Waals surface area contributed by atoms with Gasteiger partial charge in [-0.05, 0) is 55.5 Å². The first-order valence-corrected chi connectivity index (χ1v) is 14.9. The second-order valence-electron chi connectivity index (χ2n) is 9.72. The molecule has 0 radical (unpaired) electrons. The average molecular weight is 657 g/mol. The normalized spacial score (nSPS) is 14.7. The standard InChI is InChI=1S/C33H26BrN3O5S/c1-19-29(31(38)36-22-7-5-4-6-8-22)30(25-15-13-23(40-2)17-27(25)41-3)37-32(39)28(43-33(37)35-19)18-24-14-16-26(42-24)20-9-11-21(34)12-10-20/h4-18,30H,1-3H3,(H,36,38)/b28-18-/t30-/m0/s1. The molecule has 0 fully saturated rings. The van der Waals surface area contributed by atoms with Crippen LogP contribution in [0.3, 0.4) is 0 Å². The lowest BCUT2D eigenvalue weighted by Gasteiger charge is -2.26. The Kier molecular flexibility index (Phi) is 7.88. The Hall–Kier alpha value is -4.67. The third-order valence-electron chi connectivity index (χ3n) is 7.06. The van der Waals surface area contributed by atoms with E-state index in [9.17, 15) is 9.59 Å². The molecule has 6 rings (SSSR count). The minimum absolute atomic E-state index is 0.300. The molecular formula is C33H26BrN3O5S. The quantitative estimate of drug-likeness (QED) is 0.235. The zero-order valence-electron chi connectivity index (χ0n) is 23.5. The van der Waals surface area contributed by atoms with E-state index in [0.717, 1.165) is 10.0 Å². The van der Waals surface area contributed by atoms with Gasteiger partial charge in [-0.15, -0.1) is 0 Å². The summed E-state index contributed by atoms with van der Waals surface area (Å²) in [4.78, 5) is 33.1. The van der Waals surface area contributed by atoms with Crippen LogP contribution in [0.1, 0.15) is 24.3 Å². The van der Waals surface area contributed by atoms with Gasteiger partial charge in [-0.1, -0.05) is 57.6 Å². The number of benzene rings is 3. The summed E-state index contributed by atoms with van der Waals surface area (Å²) in [5, 5.41) is 2.96. The minimum atomic E-state index is -0.808. The molecule has 0 bridgehead atoms. The van der Waals surface area contributed by atoms with Crippen molar-refractivity contribution in [2.75, 3.05) is 19.5 Å². The van der Waals surface area contributed by atoms with Crippen molar-refractivity contribution in [3.8, 4) is 22.8 Å². The second-order valence-corrected chi connectivity index (χ2v) is 11.6. The summed E-state index contributed by atoms with van der Waals surface area (Å²) >= 11 is 4.69. The maximum atomic E-state index is 14.1. The molecule has 1 aliphatic heterocycles. The van der Waals surface area contributed by atoms with Crippen LogP contribution in [-0.2, 0) is 4.79 Å². The number of halogens is 1. The van der Waals surface area contributed by atoms with Crippen LogP contribution < -0.4 is 29.7 Å². The van der Waals surface area contributed by atoms with Crippen LogP contribution in [0, 0.1) is 0 Å². The lowest BCUT2D eigenvalue weighted by Crippen LogP contribution is -2.40. The number of hydrogen-bond donors (Lipinski definition) is 1. The minimum Gasteiger partial charge on any atom is -0.497 e. The SMILES string of the molecule is COc1ccc([C@H]2C(C(=O)Nc3ccccc3)=C(C)N=c3s/c(=C\c4ccc(-c5ccc(Br)cc5)o4)c(=O)n32)c(OC)c1. The summed E-state index contributed by atoms with van der Waals surface area (Å²) in [6.45, 7) is 1.77. The van der Waals surface area contributed by atoms with E-state index in [2.05, 4.69) is 21.2 Å². The van der Waals surface area contributed by atoms with Crippen molar-refractivity contribution in [3.63, 3.8) is 0 Å². The predicted octanol–water partition coefficient (Wildman–Crippen LogP) is 5.91. The number of methoxy groups -OCH3 is 2. The monoisotopic (exact) mass is 655 g/mol. The van der Waals surface area contributed by atoms with Gasteiger partial charge in [0.1, 0.15) is 29.1 Å². The highest BCUT2D eigenvalue weighted by Crippen LogP contribution is 2.37. The van der Waals surface area contributed by atoms with Gasteiger partial charge in [0.25, 0.3) is 11.5 Å². The highest BCUT2D eigenvalue weighted by atomic mass is 79.9. The van der Waals surface area contributed by atoms with Gasteiger partial charge in [0, 0.05) is 33.4 Å². The number of ether oxygens (including phenoxy) is 2. The van der Waals surface area contributed by atoms with E-state index in [-0.39, 0.29) is 11.5 Å². The van der Waals surface area contributed by atoms with Crippen LogP contribution in [0.5, 0.6) is 11.5 Å². The molecule has 43 heavy (non-hydrogen) atoms. The number of allylic oxidation sites excluding steroid dienone is 1. The van der Waals surface area contributed by atoms with E-state index in [1.165, 1.54) is 11.3 Å². The van der Waals surface area contributed by atoms with Gasteiger partial charge in [0.05, 0.1) is 30.0 Å². The zero-order valence-corrected chi connectivity index (χ0v) is 25.9. The summed E-state index contributed by atoms with van der Waals surface area (Å²) in [6, 6.07) is 25.2. The Morgan fingerprint density at radius 2 is 1.79 bits per heavy atom. The molecule has 8 nitrogen and oxygen atoms in total. The van der Waals surface area contributed by atoms with E-state index in [0.29, 0.717) is 54.9 Å². The molecule has 0 aliphatic carbocycles. The van der Waals surface area contributed by atoms with Crippen molar-refractivity contribution in [1.82, 2.24) is 4.57 Å². The van der Waals surface area contributed by atoms with Crippen LogP contribution in [0.4, 0.5) is 5.69 Å². The largest absolute Gasteiger partial charge is 0.497 e. The second kappa shape index (κ2) is 11.9. The molecule has 3 aromatic carbocycles. The van der Waals surface area contributed by atoms with E-state index in [1.54, 1.807) is 56.1 Å². The van der Waals surface area contributed by atoms with Crippen molar-refractivity contribution in [2.45, 2.75) is 13.0 Å². The summed E-state index contributed by atoms with van der Waals surface area (Å²) in [7, 11) is 3.11. The maximum Gasteiger partial charge on any atom is 0.271 e. The van der Waals surface area contributed by atoms with Crippen molar-refractivity contribution in [3.05, 3.63) is 132 Å². The highest BCUT2D eigenvalue weighted by molar-refractivity contribution is 9.10. The van der Waals surface area contributed by atoms with Crippen molar-refractivity contribution in [2.24, 2.45) is 4.99 Å². The lowest BCUT2D eigenvalue weighted by atomic mass is 9.94. The molecule has 0 spiro atoms. The molecule has 0 saturated carbocycles. The highest BCUT2D eigenvalue weighted by Gasteiger charge is 2.34. The van der Waals surface area contributed by atoms with Crippen LogP contribution in [0.15, 0.2) is 115 Å². The van der Waals surface area contributed by atoms with Gasteiger partial charge in [-0.3, -0.25) is 14.2 Å². The molecule has 0 unspecified atom stereocenters. The van der Waals surface area contributed by atoms with Crippen molar-refractivity contribution < 1.29 is 18.7 Å². The predicted molar refractivity (Wildman–Crippen MR) is 170 cm³/mol. The van der Waals surface area contributed by atoms with Crippen molar-refractivity contribution >= 4 is 44.9 Å². The molecule has 1 amide bonds. The van der Waals surface area contributed by atoms with Gasteiger partial charge in [0.15, 0.2) is 4.80 Å². The van der Waals surface area contributed by atoms with E-state index in [4.69, 9.17) is 18.9 Å². The molecule has 1 aliphatic rings. The number of nitrogens with zero attached hydrogens (tertiary/aromatic N) is 2. The van der Waals surface area contributed by atoms with Crippen LogP contribution in [0.2, 0.25) is 0 Å². The number of rotatable bonds is 7. The third kappa shape index (κ3) is 5.59. The Balaban J connectivity index is 1.49. The molecule has 1 atom stereocenters. The number of fused-ring (bicyclic) bond motifs is 1. The molecule has 5 aromatic rings. The first kappa shape index (κ1) is 28.4. The Bertz CT molecular complexity index is 2040. The Morgan fingerprint density at radius 3 is 2.51 bits per heavy atom. The molecule has 0 saturated heterocycles. The number of amides is 1. The number of carbonyl (C=O) groups excluding carboxylic acids is 1. The molecular weight excluding hydrogens is 630 g/mol. The van der Waals surface area contributed by atoms with Crippen LogP contribution >= 0.6 is 27.3 Å². The molecule has 216 valence electrons. The number of para-hydroxylation sites is 1. The summed E-state index contributed by atoms with van der Waals surface area (Å²) in [5.74, 6) is 1.91. The summed E-state index contributed by atoms with van der Waals surface area (Å²) < 4.78 is 20.1. The number of aromatic nitrogens is 1. The first-order valence-electron chi connectivity index (χ1n) is 13.3. The third-order valence-corrected chi connectivity index (χ3v) is 8.57. The van der Waals surface area contributed by atoms with Gasteiger partial charge < -0.3 is 19.2 Å². The van der Waals surface area contributed by atoms with Crippen LogP contribution in [-0.4, -0.2) is 24.7 Å². The summed E-state index contributed by atoms with van der Waals surface area (Å²) in [6.07, 6.45) is 1.71. The number of nitrogens with one attached hydrogen (secondary N) is 1. The number of anilines is 1. The first-order chi connectivity index (χ1) is 20.9. The van der Waals surface area contributed by atoms with Gasteiger partial charge in [0.2, 0.25) is 0 Å². The fourth-order valence-electron chi connectivity index (χ4n) is 5.00. The smallest absolute Gasteiger partial charge is 0.271 e. The maximum absolute atomic E-state index is 14.1. The van der Waals surface area contributed by atoms with Gasteiger partial charge in [-0.25, -0.2) is 4.99 Å². The number of furan rings is 1. The lowest BCUT2D eigenvalue weighted by molar-refractivity contribution is -0.113. The fraction of sp³-hybridized carbons (Fsp3) is 0.121. The Labute approximate surface area is 259 Å². The zero-order chi connectivity index (χ0) is 30.1. The molecule has 2 aromatic heterocycles. The van der Waals surface area contributed by atoms with E-state index >= 15 is 0 Å². The van der Waals surface area contributed by atoms with E-state index < -0.39 is 6.04 Å². The summed E-state index contributed by atoms with van der Waals surface area (Å²) in [5.41, 5.74) is 2.71. The van der Waals surface area contributed by atoms with E-state index in [1.807, 2.05) is 60.7 Å². The number of carbonyl (C=O) groups is 1. The number of thiazole rings is 1. The topological polar surface area (TPSA) is 95.1 Å². The van der Waals surface area contributed by atoms with Crippen LogP contribution in [0.25, 0.3) is 17.4 Å². The van der Waals surface area contributed by atoms with Gasteiger partial charge >= 0.3 is 0 Å². The molecule has 3 heterocycles. The number of hydrogen-bond acceptors (Lipinski definition) is 7. The molecule has 1 N–H and O–H groups in total.